The Labute approximate surface area is 215 Å². The minimum atomic E-state index is -5.05. The Morgan fingerprint density at radius 1 is 1.03 bits per heavy atom. The maximum Gasteiger partial charge on any atom is 0.416 e. The van der Waals surface area contributed by atoms with Crippen LogP contribution in [0.1, 0.15) is 56.2 Å². The second kappa shape index (κ2) is 12.9. The molecule has 2 unspecified atom stereocenters. The van der Waals surface area contributed by atoms with Gasteiger partial charge >= 0.3 is 12.4 Å². The van der Waals surface area contributed by atoms with Crippen LogP contribution >= 0.6 is 0 Å². The van der Waals surface area contributed by atoms with Crippen LogP contribution < -0.4 is 4.31 Å². The summed E-state index contributed by atoms with van der Waals surface area (Å²) in [5.41, 5.74) is -2.21. The summed E-state index contributed by atoms with van der Waals surface area (Å²) in [6.45, 7) is 11.9. The molecule has 1 aliphatic heterocycles. The Morgan fingerprint density at radius 2 is 1.62 bits per heavy atom. The first-order valence-electron chi connectivity index (χ1n) is 12.0. The van der Waals surface area contributed by atoms with E-state index in [9.17, 15) is 34.9 Å². The number of fused-ring (bicyclic) bond motifs is 1. The molecule has 0 N–H and O–H groups in total. The number of alkyl halides is 6. The standard InChI is InChI=1S/C24H25F7N2OS.C2H6/c1-3-5-9-32(4-2)10-8-16-15-33(22-7-6-19(25)14-21(16)22)35(34)20-12-17(23(26,27)28)11-18(13-20)24(29,30)31;1-2/h3,6-7,11-14,16H,1,4-5,8-10,15H2,2H3;1-2H3. The van der Waals surface area contributed by atoms with E-state index in [0.29, 0.717) is 36.3 Å². The van der Waals surface area contributed by atoms with E-state index >= 15 is 0 Å². The summed E-state index contributed by atoms with van der Waals surface area (Å²) in [7, 11) is -2.37. The zero-order valence-electron chi connectivity index (χ0n) is 20.9. The third kappa shape index (κ3) is 7.80. The first-order valence-corrected chi connectivity index (χ1v) is 13.1. The van der Waals surface area contributed by atoms with Gasteiger partial charge in [0.05, 0.1) is 21.7 Å². The summed E-state index contributed by atoms with van der Waals surface area (Å²) >= 11 is 0. The van der Waals surface area contributed by atoms with Gasteiger partial charge in [0.1, 0.15) is 5.82 Å². The number of anilines is 1. The molecule has 37 heavy (non-hydrogen) atoms. The van der Waals surface area contributed by atoms with Crippen LogP contribution in [0.4, 0.5) is 36.4 Å². The number of halogens is 7. The first kappa shape index (κ1) is 30.8. The molecule has 0 fully saturated rings. The van der Waals surface area contributed by atoms with Crippen molar-refractivity contribution in [3.8, 4) is 0 Å². The van der Waals surface area contributed by atoms with Gasteiger partial charge in [-0.1, -0.05) is 26.8 Å². The lowest BCUT2D eigenvalue weighted by molar-refractivity contribution is -0.143. The van der Waals surface area contributed by atoms with Gasteiger partial charge in [0.25, 0.3) is 0 Å². The molecular weight excluding hydrogens is 521 g/mol. The van der Waals surface area contributed by atoms with Gasteiger partial charge in [0.2, 0.25) is 0 Å². The number of benzene rings is 2. The van der Waals surface area contributed by atoms with Crippen LogP contribution in [0.15, 0.2) is 53.9 Å². The molecule has 0 bridgehead atoms. The molecule has 0 aliphatic carbocycles. The zero-order chi connectivity index (χ0) is 28.0. The van der Waals surface area contributed by atoms with Crippen LogP contribution in [-0.4, -0.2) is 35.3 Å². The van der Waals surface area contributed by atoms with Crippen LogP contribution in [0, 0.1) is 5.82 Å². The maximum absolute atomic E-state index is 14.0. The lowest BCUT2D eigenvalue weighted by atomic mass is 9.97. The molecule has 2 atom stereocenters. The van der Waals surface area contributed by atoms with E-state index in [1.165, 1.54) is 16.4 Å². The Balaban J connectivity index is 0.00000235. The second-order valence-corrected chi connectivity index (χ2v) is 9.66. The fourth-order valence-electron chi connectivity index (χ4n) is 4.07. The molecule has 1 aliphatic rings. The average Bonchev–Trinajstić information content (AvgIpc) is 3.21. The topological polar surface area (TPSA) is 23.6 Å². The Morgan fingerprint density at radius 3 is 2.14 bits per heavy atom. The fraction of sp³-hybridized carbons (Fsp3) is 0.462. The highest BCUT2D eigenvalue weighted by Gasteiger charge is 2.39. The fourth-order valence-corrected chi connectivity index (χ4v) is 5.45. The molecule has 3 nitrogen and oxygen atoms in total. The Bertz CT molecular complexity index is 1050. The minimum absolute atomic E-state index is 0.000601. The van der Waals surface area contributed by atoms with Crippen molar-refractivity contribution in [3.05, 3.63) is 71.6 Å². The Kier molecular flexibility index (Phi) is 10.8. The highest BCUT2D eigenvalue weighted by atomic mass is 32.2. The third-order valence-corrected chi connectivity index (χ3v) is 7.32. The molecule has 0 saturated carbocycles. The predicted molar refractivity (Wildman–Crippen MR) is 132 cm³/mol. The smallest absolute Gasteiger partial charge is 0.303 e. The summed E-state index contributed by atoms with van der Waals surface area (Å²) in [5, 5.41) is 0. The molecule has 11 heteroatoms. The van der Waals surface area contributed by atoms with Crippen molar-refractivity contribution in [3.63, 3.8) is 0 Å². The van der Waals surface area contributed by atoms with Gasteiger partial charge in [-0.05, 0) is 67.9 Å². The quantitative estimate of drug-likeness (QED) is 0.234. The maximum atomic E-state index is 14.0. The molecule has 0 saturated heterocycles. The largest absolute Gasteiger partial charge is 0.416 e. The lowest BCUT2D eigenvalue weighted by Crippen LogP contribution is -2.29. The predicted octanol–water partition coefficient (Wildman–Crippen LogP) is 7.80. The van der Waals surface area contributed by atoms with E-state index in [-0.39, 0.29) is 18.5 Å². The van der Waals surface area contributed by atoms with E-state index < -0.39 is 45.2 Å². The highest BCUT2D eigenvalue weighted by molar-refractivity contribution is 7.86. The Hall–Kier alpha value is -2.40. The van der Waals surface area contributed by atoms with Gasteiger partial charge in [0, 0.05) is 19.0 Å². The molecule has 2 aromatic carbocycles. The summed E-state index contributed by atoms with van der Waals surface area (Å²) in [6, 6.07) is 4.70. The molecule has 1 heterocycles. The van der Waals surface area contributed by atoms with Crippen LogP contribution in [0.25, 0.3) is 0 Å². The number of hydrogen-bond donors (Lipinski definition) is 0. The van der Waals surface area contributed by atoms with E-state index in [2.05, 4.69) is 11.5 Å². The van der Waals surface area contributed by atoms with Crippen molar-refractivity contribution >= 4 is 16.7 Å². The normalized spacial score (nSPS) is 16.3. The van der Waals surface area contributed by atoms with Gasteiger partial charge in [-0.2, -0.15) is 26.3 Å². The van der Waals surface area contributed by atoms with Gasteiger partial charge in [-0.25, -0.2) is 8.60 Å². The number of rotatable bonds is 9. The highest BCUT2D eigenvalue weighted by Crippen LogP contribution is 2.42. The third-order valence-electron chi connectivity index (χ3n) is 5.94. The van der Waals surface area contributed by atoms with Crippen molar-refractivity contribution in [1.82, 2.24) is 4.90 Å². The van der Waals surface area contributed by atoms with E-state index in [4.69, 9.17) is 0 Å². The molecule has 3 rings (SSSR count). The molecule has 2 aromatic rings. The number of hydrogen-bond acceptors (Lipinski definition) is 2. The summed E-state index contributed by atoms with van der Waals surface area (Å²) in [5.74, 6) is -0.825. The van der Waals surface area contributed by atoms with Crippen LogP contribution in [-0.2, 0) is 23.3 Å². The van der Waals surface area contributed by atoms with E-state index in [0.717, 1.165) is 25.6 Å². The van der Waals surface area contributed by atoms with Crippen molar-refractivity contribution in [1.29, 1.82) is 0 Å². The molecule has 206 valence electrons. The molecule has 0 spiro atoms. The first-order chi connectivity index (χ1) is 17.3. The van der Waals surface area contributed by atoms with Crippen LogP contribution in [0.3, 0.4) is 0 Å². The number of nitrogens with zero attached hydrogens (tertiary/aromatic N) is 2. The minimum Gasteiger partial charge on any atom is -0.303 e. The SMILES string of the molecule is C=CCCN(CC)CCC1CN(S(=O)c2cc(C(F)(F)F)cc(C(F)(F)F)c2)c2ccc(F)cc21.CC. The molecule has 0 radical (unpaired) electrons. The monoisotopic (exact) mass is 552 g/mol. The molecular formula is C26H31F7N2OS. The summed E-state index contributed by atoms with van der Waals surface area (Å²) in [4.78, 5) is 1.53. The van der Waals surface area contributed by atoms with Crippen molar-refractivity contribution in [2.45, 2.75) is 56.8 Å². The summed E-state index contributed by atoms with van der Waals surface area (Å²) in [6.07, 6.45) is -6.99. The lowest BCUT2D eigenvalue weighted by Gasteiger charge is -2.23. The van der Waals surface area contributed by atoms with Crippen molar-refractivity contribution in [2.75, 3.05) is 30.5 Å². The molecule has 0 aromatic heterocycles. The van der Waals surface area contributed by atoms with Crippen LogP contribution in [0.2, 0.25) is 0 Å². The second-order valence-electron chi connectivity index (χ2n) is 8.25. The zero-order valence-corrected chi connectivity index (χ0v) is 21.7. The van der Waals surface area contributed by atoms with E-state index in [1.807, 2.05) is 20.8 Å². The van der Waals surface area contributed by atoms with Gasteiger partial charge in [0.15, 0.2) is 11.0 Å². The average molecular weight is 553 g/mol. The molecule has 0 amide bonds. The summed E-state index contributed by atoms with van der Waals surface area (Å²) < 4.78 is 108. The van der Waals surface area contributed by atoms with Gasteiger partial charge in [-0.3, -0.25) is 4.31 Å². The van der Waals surface area contributed by atoms with Gasteiger partial charge < -0.3 is 4.90 Å². The van der Waals surface area contributed by atoms with Crippen molar-refractivity contribution in [2.24, 2.45) is 0 Å². The van der Waals surface area contributed by atoms with Crippen LogP contribution in [0.5, 0.6) is 0 Å². The van der Waals surface area contributed by atoms with Crippen molar-refractivity contribution < 1.29 is 34.9 Å². The van der Waals surface area contributed by atoms with E-state index in [1.54, 1.807) is 6.08 Å². The van der Waals surface area contributed by atoms with Gasteiger partial charge in [-0.15, -0.1) is 6.58 Å².